The summed E-state index contributed by atoms with van der Waals surface area (Å²) in [5.41, 5.74) is 0.610. The minimum absolute atomic E-state index is 0.0162. The van der Waals surface area contributed by atoms with Gasteiger partial charge in [0.15, 0.2) is 0 Å². The smallest absolute Gasteiger partial charge is 0.310 e. The van der Waals surface area contributed by atoms with Gasteiger partial charge in [0.1, 0.15) is 0 Å². The van der Waals surface area contributed by atoms with E-state index in [1.807, 2.05) is 0 Å². The summed E-state index contributed by atoms with van der Waals surface area (Å²) in [6.07, 6.45) is 3.21. The number of benzene rings is 1. The lowest BCUT2D eigenvalue weighted by Gasteiger charge is -2.22. The molecule has 1 aromatic carbocycles. The molecule has 1 amide bonds. The predicted molar refractivity (Wildman–Crippen MR) is 77.5 cm³/mol. The first kappa shape index (κ1) is 15.0. The fraction of sp³-hybridized carbons (Fsp3) is 0.438. The molecule has 0 atom stereocenters. The lowest BCUT2D eigenvalue weighted by molar-refractivity contribution is -0.150. The molecule has 0 aliphatic heterocycles. The summed E-state index contributed by atoms with van der Waals surface area (Å²) in [5.74, 6) is -1.15. The number of hydrogen-bond acceptors (Lipinski definition) is 3. The lowest BCUT2D eigenvalue weighted by Crippen LogP contribution is -2.32. The largest absolute Gasteiger partial charge is 0.481 e. The number of aliphatic carboxylic acids is 1. The molecule has 1 aliphatic rings. The Labute approximate surface area is 123 Å². The van der Waals surface area contributed by atoms with Crippen LogP contribution >= 0.6 is 0 Å². The average Bonchev–Trinajstić information content (AvgIpc) is 2.91. The Bertz CT molecular complexity index is 566. The monoisotopic (exact) mass is 286 g/mol. The minimum Gasteiger partial charge on any atom is -0.481 e. The van der Waals surface area contributed by atoms with E-state index in [1.165, 1.54) is 0 Å². The molecule has 5 nitrogen and oxygen atoms in total. The topological polar surface area (TPSA) is 90.2 Å². The molecule has 0 aromatic heterocycles. The third-order valence-corrected chi connectivity index (χ3v) is 4.03. The number of amides is 1. The molecule has 1 fully saturated rings. The summed E-state index contributed by atoms with van der Waals surface area (Å²) >= 11 is 0. The number of carbonyl (C=O) groups excluding carboxylic acids is 1. The first-order chi connectivity index (χ1) is 10.1. The van der Waals surface area contributed by atoms with Gasteiger partial charge in [-0.25, -0.2) is 0 Å². The summed E-state index contributed by atoms with van der Waals surface area (Å²) in [7, 11) is 0. The Morgan fingerprint density at radius 1 is 1.24 bits per heavy atom. The fourth-order valence-corrected chi connectivity index (χ4v) is 2.83. The number of carboxylic acids is 1. The van der Waals surface area contributed by atoms with Crippen molar-refractivity contribution in [2.24, 2.45) is 5.41 Å². The van der Waals surface area contributed by atoms with Gasteiger partial charge in [-0.1, -0.05) is 25.0 Å². The zero-order valence-electron chi connectivity index (χ0n) is 11.8. The molecular formula is C16H18N2O3. The summed E-state index contributed by atoms with van der Waals surface area (Å²) in [6, 6.07) is 9.07. The highest BCUT2D eigenvalue weighted by atomic mass is 16.4. The molecule has 1 aliphatic carbocycles. The van der Waals surface area contributed by atoms with E-state index >= 15 is 0 Å². The Morgan fingerprint density at radius 2 is 1.86 bits per heavy atom. The first-order valence-electron chi connectivity index (χ1n) is 7.05. The summed E-state index contributed by atoms with van der Waals surface area (Å²) < 4.78 is 0. The van der Waals surface area contributed by atoms with Crippen LogP contribution in [0.3, 0.4) is 0 Å². The maximum absolute atomic E-state index is 12.1. The molecule has 2 N–H and O–H groups in total. The number of nitrogens with one attached hydrogen (secondary N) is 1. The van der Waals surface area contributed by atoms with Crippen LogP contribution in [0.15, 0.2) is 24.3 Å². The van der Waals surface area contributed by atoms with E-state index in [1.54, 1.807) is 24.3 Å². The second-order valence-electron chi connectivity index (χ2n) is 5.55. The van der Waals surface area contributed by atoms with Crippen LogP contribution in [0.25, 0.3) is 0 Å². The third-order valence-electron chi connectivity index (χ3n) is 4.03. The van der Waals surface area contributed by atoms with Gasteiger partial charge in [-0.15, -0.1) is 0 Å². The van der Waals surface area contributed by atoms with Crippen LogP contribution in [-0.4, -0.2) is 17.0 Å². The molecule has 0 heterocycles. The van der Waals surface area contributed by atoms with Crippen molar-refractivity contribution in [2.75, 3.05) is 5.32 Å². The molecule has 5 heteroatoms. The number of rotatable bonds is 5. The number of nitrogens with zero attached hydrogens (tertiary/aromatic N) is 1. The van der Waals surface area contributed by atoms with Crippen LogP contribution < -0.4 is 5.32 Å². The van der Waals surface area contributed by atoms with Gasteiger partial charge < -0.3 is 10.4 Å². The van der Waals surface area contributed by atoms with E-state index in [0.29, 0.717) is 24.9 Å². The maximum atomic E-state index is 12.1. The van der Waals surface area contributed by atoms with Gasteiger partial charge in [-0.3, -0.25) is 9.59 Å². The molecule has 21 heavy (non-hydrogen) atoms. The van der Waals surface area contributed by atoms with Crippen molar-refractivity contribution >= 4 is 17.6 Å². The van der Waals surface area contributed by atoms with Crippen LogP contribution in [-0.2, 0) is 16.0 Å². The van der Waals surface area contributed by atoms with Gasteiger partial charge in [0.2, 0.25) is 5.91 Å². The van der Waals surface area contributed by atoms with E-state index in [-0.39, 0.29) is 12.3 Å². The maximum Gasteiger partial charge on any atom is 0.310 e. The van der Waals surface area contributed by atoms with E-state index in [2.05, 4.69) is 11.4 Å². The van der Waals surface area contributed by atoms with Crippen molar-refractivity contribution < 1.29 is 14.7 Å². The predicted octanol–water partition coefficient (Wildman–Crippen LogP) is 2.73. The van der Waals surface area contributed by atoms with Crippen LogP contribution in [0, 0.1) is 16.7 Å². The molecule has 2 rings (SSSR count). The quantitative estimate of drug-likeness (QED) is 0.870. The van der Waals surface area contributed by atoms with Crippen LogP contribution in [0.1, 0.15) is 37.7 Å². The minimum atomic E-state index is -0.898. The first-order valence-corrected chi connectivity index (χ1v) is 7.05. The van der Waals surface area contributed by atoms with Gasteiger partial charge in [0.25, 0.3) is 0 Å². The Kier molecular flexibility index (Phi) is 4.59. The molecule has 0 saturated heterocycles. The lowest BCUT2D eigenvalue weighted by atomic mass is 9.82. The summed E-state index contributed by atoms with van der Waals surface area (Å²) in [5, 5.41) is 20.7. The van der Waals surface area contributed by atoms with Crippen molar-refractivity contribution in [3.8, 4) is 6.07 Å². The number of carboxylic acid groups (broad SMARTS) is 1. The van der Waals surface area contributed by atoms with Gasteiger partial charge in [-0.05, 0) is 30.5 Å². The van der Waals surface area contributed by atoms with Crippen molar-refractivity contribution in [1.82, 2.24) is 0 Å². The Morgan fingerprint density at radius 3 is 2.38 bits per heavy atom. The molecule has 110 valence electrons. The molecular weight excluding hydrogens is 268 g/mol. The standard InChI is InChI=1S/C16H18N2O3/c17-10-7-12-3-5-13(6-4-12)18-14(19)11-16(15(20)21)8-1-2-9-16/h3-6H,1-2,7-9,11H2,(H,18,19)(H,20,21). The van der Waals surface area contributed by atoms with Gasteiger partial charge in [-0.2, -0.15) is 5.26 Å². The van der Waals surface area contributed by atoms with E-state index in [9.17, 15) is 14.7 Å². The van der Waals surface area contributed by atoms with Gasteiger partial charge in [0, 0.05) is 12.1 Å². The Hall–Kier alpha value is -2.35. The summed E-state index contributed by atoms with van der Waals surface area (Å²) in [6.45, 7) is 0. The van der Waals surface area contributed by atoms with Crippen molar-refractivity contribution in [2.45, 2.75) is 38.5 Å². The van der Waals surface area contributed by atoms with E-state index in [4.69, 9.17) is 5.26 Å². The van der Waals surface area contributed by atoms with Gasteiger partial charge in [0.05, 0.1) is 17.9 Å². The number of nitriles is 1. The third kappa shape index (κ3) is 3.60. The van der Waals surface area contributed by atoms with E-state index in [0.717, 1.165) is 18.4 Å². The van der Waals surface area contributed by atoms with Crippen LogP contribution in [0.2, 0.25) is 0 Å². The highest BCUT2D eigenvalue weighted by Gasteiger charge is 2.42. The van der Waals surface area contributed by atoms with E-state index < -0.39 is 11.4 Å². The molecule has 0 unspecified atom stereocenters. The molecule has 0 spiro atoms. The number of carbonyl (C=O) groups is 2. The zero-order valence-corrected chi connectivity index (χ0v) is 11.8. The second kappa shape index (κ2) is 6.40. The normalized spacial score (nSPS) is 16.1. The number of hydrogen-bond donors (Lipinski definition) is 2. The highest BCUT2D eigenvalue weighted by molar-refractivity contribution is 5.94. The molecule has 0 radical (unpaired) electrons. The molecule has 1 aromatic rings. The van der Waals surface area contributed by atoms with Crippen molar-refractivity contribution in [1.29, 1.82) is 5.26 Å². The summed E-state index contributed by atoms with van der Waals surface area (Å²) in [4.78, 5) is 23.5. The highest BCUT2D eigenvalue weighted by Crippen LogP contribution is 2.41. The number of anilines is 1. The van der Waals surface area contributed by atoms with Gasteiger partial charge >= 0.3 is 5.97 Å². The molecule has 1 saturated carbocycles. The zero-order chi connectivity index (χ0) is 15.3. The van der Waals surface area contributed by atoms with Crippen LogP contribution in [0.4, 0.5) is 5.69 Å². The van der Waals surface area contributed by atoms with Crippen molar-refractivity contribution in [3.63, 3.8) is 0 Å². The fourth-order valence-electron chi connectivity index (χ4n) is 2.83. The average molecular weight is 286 g/mol. The van der Waals surface area contributed by atoms with Crippen LogP contribution in [0.5, 0.6) is 0 Å². The second-order valence-corrected chi connectivity index (χ2v) is 5.55. The Balaban J connectivity index is 1.98. The SMILES string of the molecule is N#CCc1ccc(NC(=O)CC2(C(=O)O)CCCC2)cc1. The van der Waals surface area contributed by atoms with Crippen molar-refractivity contribution in [3.05, 3.63) is 29.8 Å². The molecule has 0 bridgehead atoms.